The quantitative estimate of drug-likeness (QED) is 0.772. The molecule has 1 aromatic heterocycles. The van der Waals surface area contributed by atoms with Gasteiger partial charge in [0.15, 0.2) is 5.69 Å². The molecule has 1 aromatic carbocycles. The van der Waals surface area contributed by atoms with E-state index in [4.69, 9.17) is 28.3 Å². The van der Waals surface area contributed by atoms with Crippen LogP contribution in [0.4, 0.5) is 17.6 Å². The molecule has 0 amide bonds. The van der Waals surface area contributed by atoms with Crippen molar-refractivity contribution in [2.75, 3.05) is 0 Å². The second-order valence-corrected chi connectivity index (χ2v) is 5.63. The van der Waals surface area contributed by atoms with E-state index in [0.717, 1.165) is 13.1 Å². The monoisotopic (exact) mass is 384 g/mol. The maximum Gasteiger partial charge on any atom is 0.434 e. The van der Waals surface area contributed by atoms with Crippen molar-refractivity contribution < 1.29 is 27.5 Å². The van der Waals surface area contributed by atoms with E-state index in [2.05, 4.69) is 5.10 Å². The molecule has 0 aliphatic rings. The van der Waals surface area contributed by atoms with Crippen LogP contribution < -0.4 is 0 Å². The molecule has 24 heavy (non-hydrogen) atoms. The van der Waals surface area contributed by atoms with Crippen molar-refractivity contribution >= 4 is 29.2 Å². The predicted molar refractivity (Wildman–Crippen MR) is 80.0 cm³/mol. The van der Waals surface area contributed by atoms with Crippen LogP contribution >= 0.6 is 23.2 Å². The molecule has 1 N–H and O–H groups in total. The summed E-state index contributed by atoms with van der Waals surface area (Å²) in [7, 11) is 1.00. The highest BCUT2D eigenvalue weighted by Gasteiger charge is 2.39. The Hall–Kier alpha value is -1.80. The smallest absolute Gasteiger partial charge is 0.434 e. The first kappa shape index (κ1) is 18.5. The van der Waals surface area contributed by atoms with Gasteiger partial charge in [-0.15, -0.1) is 0 Å². The van der Waals surface area contributed by atoms with Crippen LogP contribution in [-0.4, -0.2) is 20.9 Å². The topological polar surface area (TPSA) is 55.1 Å². The molecule has 0 atom stereocenters. The third kappa shape index (κ3) is 2.95. The highest BCUT2D eigenvalue weighted by Crippen LogP contribution is 2.41. The molecule has 2 rings (SSSR count). The molecule has 4 nitrogen and oxygen atoms in total. The molecular formula is C14H10Cl2F4N2O2. The largest absolute Gasteiger partial charge is 0.478 e. The molecular weight excluding hydrogens is 375 g/mol. The molecule has 0 aliphatic heterocycles. The summed E-state index contributed by atoms with van der Waals surface area (Å²) in [5.41, 5.74) is -2.80. The summed E-state index contributed by atoms with van der Waals surface area (Å²) in [5, 5.41) is 11.6. The van der Waals surface area contributed by atoms with Gasteiger partial charge >= 0.3 is 12.1 Å². The lowest BCUT2D eigenvalue weighted by molar-refractivity contribution is -0.143. The van der Waals surface area contributed by atoms with Gasteiger partial charge in [0.05, 0.1) is 15.6 Å². The number of carboxylic acid groups (broad SMARTS) is 1. The summed E-state index contributed by atoms with van der Waals surface area (Å²) in [5.74, 6) is -2.40. The molecule has 0 spiro atoms. The van der Waals surface area contributed by atoms with Crippen molar-refractivity contribution in [1.82, 2.24) is 9.78 Å². The first-order valence-corrected chi connectivity index (χ1v) is 7.30. The lowest BCUT2D eigenvalue weighted by Crippen LogP contribution is -2.12. The summed E-state index contributed by atoms with van der Waals surface area (Å²) < 4.78 is 54.1. The molecule has 10 heteroatoms. The Morgan fingerprint density at radius 1 is 1.33 bits per heavy atom. The number of halogens is 6. The average Bonchev–Trinajstić information content (AvgIpc) is 2.73. The van der Waals surface area contributed by atoms with Crippen LogP contribution in [0.15, 0.2) is 6.07 Å². The zero-order valence-electron chi connectivity index (χ0n) is 12.3. The molecule has 130 valence electrons. The fourth-order valence-electron chi connectivity index (χ4n) is 2.31. The lowest BCUT2D eigenvalue weighted by atomic mass is 10.0. The van der Waals surface area contributed by atoms with Gasteiger partial charge in [0.2, 0.25) is 0 Å². The fraction of sp³-hybridized carbons (Fsp3) is 0.286. The Morgan fingerprint density at radius 2 is 1.92 bits per heavy atom. The van der Waals surface area contributed by atoms with Crippen LogP contribution in [0, 0.1) is 5.82 Å². The standard InChI is InChI=1S/C14H10Cl2F4N2O2/c1-3-5-8(15)6(13(23)24)4-7(10(5)17)11-9(16)12(14(18,19)20)22(2)21-11/h4H,3H2,1-2H3,(H,23,24). The van der Waals surface area contributed by atoms with Crippen LogP contribution in [0.2, 0.25) is 10.0 Å². The second kappa shape index (κ2) is 6.25. The Balaban J connectivity index is 2.84. The van der Waals surface area contributed by atoms with E-state index in [1.54, 1.807) is 0 Å². The molecule has 0 saturated heterocycles. The van der Waals surface area contributed by atoms with Crippen LogP contribution in [-0.2, 0) is 19.6 Å². The average molecular weight is 385 g/mol. The van der Waals surface area contributed by atoms with E-state index in [-0.39, 0.29) is 17.0 Å². The number of hydrogen-bond acceptors (Lipinski definition) is 2. The molecule has 2 aromatic rings. The van der Waals surface area contributed by atoms with Crippen molar-refractivity contribution in [3.05, 3.63) is 38.7 Å². The molecule has 0 fully saturated rings. The highest BCUT2D eigenvalue weighted by atomic mass is 35.5. The normalized spacial score (nSPS) is 11.8. The van der Waals surface area contributed by atoms with Gasteiger partial charge in [-0.25, -0.2) is 9.18 Å². The van der Waals surface area contributed by atoms with E-state index < -0.39 is 45.5 Å². The van der Waals surface area contributed by atoms with Gasteiger partial charge in [0.25, 0.3) is 0 Å². The maximum atomic E-state index is 14.6. The minimum absolute atomic E-state index is 0.0371. The van der Waals surface area contributed by atoms with Crippen molar-refractivity contribution in [2.45, 2.75) is 19.5 Å². The maximum absolute atomic E-state index is 14.6. The number of alkyl halides is 3. The number of aryl methyl sites for hydroxylation is 1. The highest BCUT2D eigenvalue weighted by molar-refractivity contribution is 6.35. The molecule has 0 unspecified atom stereocenters. The molecule has 0 aliphatic carbocycles. The number of aromatic carboxylic acids is 1. The number of carboxylic acids is 1. The van der Waals surface area contributed by atoms with Gasteiger partial charge < -0.3 is 5.11 Å². The lowest BCUT2D eigenvalue weighted by Gasteiger charge is -2.11. The zero-order valence-corrected chi connectivity index (χ0v) is 13.8. The van der Waals surface area contributed by atoms with Gasteiger partial charge in [0.1, 0.15) is 11.5 Å². The van der Waals surface area contributed by atoms with E-state index in [1.165, 1.54) is 6.92 Å². The number of aromatic nitrogens is 2. The minimum Gasteiger partial charge on any atom is -0.478 e. The van der Waals surface area contributed by atoms with Gasteiger partial charge in [0, 0.05) is 18.2 Å². The van der Waals surface area contributed by atoms with Crippen LogP contribution in [0.25, 0.3) is 11.3 Å². The van der Waals surface area contributed by atoms with E-state index in [1.807, 2.05) is 0 Å². The summed E-state index contributed by atoms with van der Waals surface area (Å²) in [6, 6.07) is 0.827. The number of hydrogen-bond donors (Lipinski definition) is 1. The van der Waals surface area contributed by atoms with E-state index in [0.29, 0.717) is 4.68 Å². The van der Waals surface area contributed by atoms with Gasteiger partial charge in [-0.3, -0.25) is 4.68 Å². The SMILES string of the molecule is CCc1c(F)c(-c2nn(C)c(C(F)(F)F)c2Cl)cc(C(=O)O)c1Cl. The van der Waals surface area contributed by atoms with Crippen LogP contribution in [0.5, 0.6) is 0 Å². The second-order valence-electron chi connectivity index (χ2n) is 4.87. The molecule has 1 heterocycles. The van der Waals surface area contributed by atoms with Crippen molar-refractivity contribution in [3.8, 4) is 11.3 Å². The fourth-order valence-corrected chi connectivity index (χ4v) is 3.03. The first-order valence-electron chi connectivity index (χ1n) is 6.54. The molecule has 0 saturated carbocycles. The van der Waals surface area contributed by atoms with E-state index in [9.17, 15) is 22.4 Å². The number of benzene rings is 1. The predicted octanol–water partition coefficient (Wildman–Crippen LogP) is 4.81. The minimum atomic E-state index is -4.80. The van der Waals surface area contributed by atoms with Crippen LogP contribution in [0.3, 0.4) is 0 Å². The summed E-state index contributed by atoms with van der Waals surface area (Å²) in [4.78, 5) is 11.3. The van der Waals surface area contributed by atoms with Crippen molar-refractivity contribution in [1.29, 1.82) is 0 Å². The third-order valence-corrected chi connectivity index (χ3v) is 4.18. The Kier molecular flexibility index (Phi) is 4.83. The summed E-state index contributed by atoms with van der Waals surface area (Å²) in [6.45, 7) is 1.53. The number of rotatable bonds is 3. The van der Waals surface area contributed by atoms with Gasteiger partial charge in [-0.2, -0.15) is 18.3 Å². The van der Waals surface area contributed by atoms with Crippen molar-refractivity contribution in [3.63, 3.8) is 0 Å². The number of nitrogens with zero attached hydrogens (tertiary/aromatic N) is 2. The van der Waals surface area contributed by atoms with Crippen molar-refractivity contribution in [2.24, 2.45) is 7.05 Å². The third-order valence-electron chi connectivity index (χ3n) is 3.39. The van der Waals surface area contributed by atoms with Gasteiger partial charge in [-0.05, 0) is 12.5 Å². The van der Waals surface area contributed by atoms with E-state index >= 15 is 0 Å². The summed E-state index contributed by atoms with van der Waals surface area (Å²) >= 11 is 11.6. The first-order chi connectivity index (χ1) is 11.0. The van der Waals surface area contributed by atoms with Crippen LogP contribution in [0.1, 0.15) is 28.5 Å². The Labute approximate surface area is 143 Å². The Bertz CT molecular complexity index is 831. The zero-order chi connectivity index (χ0) is 18.4. The summed E-state index contributed by atoms with van der Waals surface area (Å²) in [6.07, 6.45) is -4.77. The van der Waals surface area contributed by atoms with Gasteiger partial charge in [-0.1, -0.05) is 30.1 Å². The molecule has 0 radical (unpaired) electrons. The molecule has 0 bridgehead atoms. The number of carbonyl (C=O) groups is 1. The Morgan fingerprint density at radius 3 is 2.33 bits per heavy atom.